The minimum atomic E-state index is -0.539. The van der Waals surface area contributed by atoms with Crippen LogP contribution in [-0.4, -0.2) is 30.4 Å². The normalized spacial score (nSPS) is 14.2. The van der Waals surface area contributed by atoms with Gasteiger partial charge in [0.15, 0.2) is 0 Å². The van der Waals surface area contributed by atoms with Crippen molar-refractivity contribution < 1.29 is 14.3 Å². The summed E-state index contributed by atoms with van der Waals surface area (Å²) in [4.78, 5) is 11.7. The maximum Gasteiger partial charge on any atom is 0.407 e. The van der Waals surface area contributed by atoms with E-state index in [9.17, 15) is 4.79 Å². The largest absolute Gasteiger partial charge is 0.494 e. The lowest BCUT2D eigenvalue weighted by Gasteiger charge is -2.26. The van der Waals surface area contributed by atoms with Gasteiger partial charge in [-0.15, -0.1) is 0 Å². The topological polar surface area (TPSA) is 73.6 Å². The van der Waals surface area contributed by atoms with E-state index < -0.39 is 11.7 Å². The standard InChI is InChI=1S/C14H26N2O3/c1-7-8-18-10(2)9-12(11(3)15)16-13(17)19-14(4,5)6/h7,11-12H,1-2,8-9,15H2,3-6H3,(H,16,17)/t11?,12-/m0/s1. The van der Waals surface area contributed by atoms with Gasteiger partial charge in [-0.05, 0) is 27.7 Å². The van der Waals surface area contributed by atoms with Gasteiger partial charge in [0.2, 0.25) is 0 Å². The Labute approximate surface area is 115 Å². The number of hydrogen-bond acceptors (Lipinski definition) is 4. The van der Waals surface area contributed by atoms with Gasteiger partial charge < -0.3 is 20.5 Å². The van der Waals surface area contributed by atoms with E-state index in [0.717, 1.165) is 0 Å². The second kappa shape index (κ2) is 7.84. The number of nitrogens with two attached hydrogens (primary N) is 1. The Morgan fingerprint density at radius 3 is 2.47 bits per heavy atom. The maximum atomic E-state index is 11.7. The predicted molar refractivity (Wildman–Crippen MR) is 76.7 cm³/mol. The lowest BCUT2D eigenvalue weighted by atomic mass is 10.1. The molecule has 0 heterocycles. The molecule has 0 aromatic carbocycles. The summed E-state index contributed by atoms with van der Waals surface area (Å²) in [6, 6.07) is -0.524. The molecular weight excluding hydrogens is 244 g/mol. The van der Waals surface area contributed by atoms with Crippen LogP contribution >= 0.6 is 0 Å². The molecule has 19 heavy (non-hydrogen) atoms. The van der Waals surface area contributed by atoms with E-state index in [1.807, 2.05) is 6.92 Å². The first-order chi connectivity index (χ1) is 8.65. The van der Waals surface area contributed by atoms with Gasteiger partial charge in [0.05, 0.1) is 11.8 Å². The molecule has 1 amide bonds. The number of amides is 1. The fourth-order valence-corrected chi connectivity index (χ4v) is 1.31. The van der Waals surface area contributed by atoms with E-state index in [1.54, 1.807) is 26.8 Å². The molecule has 0 saturated heterocycles. The number of alkyl carbamates (subject to hydrolysis) is 1. The predicted octanol–water partition coefficient (Wildman–Crippen LogP) is 2.33. The third kappa shape index (κ3) is 9.13. The van der Waals surface area contributed by atoms with Crippen molar-refractivity contribution in [1.82, 2.24) is 5.32 Å². The lowest BCUT2D eigenvalue weighted by molar-refractivity contribution is 0.0493. The molecule has 0 aromatic heterocycles. The first kappa shape index (κ1) is 17.5. The van der Waals surface area contributed by atoms with E-state index in [1.165, 1.54) is 0 Å². The summed E-state index contributed by atoms with van der Waals surface area (Å²) in [5.41, 5.74) is 5.30. The molecular formula is C14H26N2O3. The van der Waals surface area contributed by atoms with Crippen LogP contribution in [0.5, 0.6) is 0 Å². The number of rotatable bonds is 7. The molecule has 0 rings (SSSR count). The Hall–Kier alpha value is -1.49. The highest BCUT2D eigenvalue weighted by atomic mass is 16.6. The van der Waals surface area contributed by atoms with Crippen LogP contribution < -0.4 is 11.1 Å². The highest BCUT2D eigenvalue weighted by molar-refractivity contribution is 5.68. The van der Waals surface area contributed by atoms with Gasteiger partial charge in [-0.25, -0.2) is 4.79 Å². The molecule has 0 spiro atoms. The van der Waals surface area contributed by atoms with Crippen molar-refractivity contribution in [3.05, 3.63) is 25.0 Å². The van der Waals surface area contributed by atoms with Gasteiger partial charge in [0.1, 0.15) is 12.2 Å². The van der Waals surface area contributed by atoms with E-state index in [-0.39, 0.29) is 12.1 Å². The third-order valence-corrected chi connectivity index (χ3v) is 2.19. The van der Waals surface area contributed by atoms with Crippen LogP contribution in [-0.2, 0) is 9.47 Å². The third-order valence-electron chi connectivity index (χ3n) is 2.19. The zero-order valence-corrected chi connectivity index (χ0v) is 12.4. The van der Waals surface area contributed by atoms with Crippen molar-refractivity contribution in [2.24, 2.45) is 5.73 Å². The number of nitrogens with one attached hydrogen (secondary N) is 1. The van der Waals surface area contributed by atoms with Crippen molar-refractivity contribution in [3.63, 3.8) is 0 Å². The molecule has 2 atom stereocenters. The summed E-state index contributed by atoms with van der Waals surface area (Å²) in [6.45, 7) is 14.9. The Balaban J connectivity index is 4.37. The van der Waals surface area contributed by atoms with Crippen LogP contribution in [0.1, 0.15) is 34.1 Å². The quantitative estimate of drug-likeness (QED) is 0.550. The fourth-order valence-electron chi connectivity index (χ4n) is 1.31. The van der Waals surface area contributed by atoms with Gasteiger partial charge in [0.25, 0.3) is 0 Å². The summed E-state index contributed by atoms with van der Waals surface area (Å²) in [5.74, 6) is 0.554. The van der Waals surface area contributed by atoms with Gasteiger partial charge in [-0.3, -0.25) is 0 Å². The maximum absolute atomic E-state index is 11.7. The Bertz CT molecular complexity index is 319. The van der Waals surface area contributed by atoms with Crippen LogP contribution in [0.15, 0.2) is 25.0 Å². The van der Waals surface area contributed by atoms with Crippen molar-refractivity contribution in [2.45, 2.75) is 51.8 Å². The van der Waals surface area contributed by atoms with Crippen LogP contribution in [0.25, 0.3) is 0 Å². The van der Waals surface area contributed by atoms with Crippen LogP contribution in [0.4, 0.5) is 4.79 Å². The molecule has 5 nitrogen and oxygen atoms in total. The van der Waals surface area contributed by atoms with Crippen LogP contribution in [0, 0.1) is 0 Å². The highest BCUT2D eigenvalue weighted by Crippen LogP contribution is 2.10. The van der Waals surface area contributed by atoms with Gasteiger partial charge in [0, 0.05) is 12.5 Å². The molecule has 0 aliphatic rings. The number of hydrogen-bond donors (Lipinski definition) is 2. The minimum Gasteiger partial charge on any atom is -0.494 e. The molecule has 0 aliphatic carbocycles. The summed E-state index contributed by atoms with van der Waals surface area (Å²) in [5, 5.41) is 2.73. The van der Waals surface area contributed by atoms with Crippen molar-refractivity contribution >= 4 is 6.09 Å². The second-order valence-electron chi connectivity index (χ2n) is 5.45. The van der Waals surface area contributed by atoms with Crippen LogP contribution in [0.3, 0.4) is 0 Å². The van der Waals surface area contributed by atoms with Gasteiger partial charge in [-0.1, -0.05) is 19.2 Å². The molecule has 0 fully saturated rings. The first-order valence-corrected chi connectivity index (χ1v) is 6.32. The average Bonchev–Trinajstić information content (AvgIpc) is 2.22. The monoisotopic (exact) mass is 270 g/mol. The molecule has 0 radical (unpaired) electrons. The summed E-state index contributed by atoms with van der Waals surface area (Å²) < 4.78 is 10.5. The molecule has 1 unspecified atom stereocenters. The molecule has 110 valence electrons. The van der Waals surface area contributed by atoms with Gasteiger partial charge >= 0.3 is 6.09 Å². The summed E-state index contributed by atoms with van der Waals surface area (Å²) in [6.07, 6.45) is 1.57. The molecule has 5 heteroatoms. The van der Waals surface area contributed by atoms with E-state index in [2.05, 4.69) is 18.5 Å². The lowest BCUT2D eigenvalue weighted by Crippen LogP contribution is -2.48. The summed E-state index contributed by atoms with van der Waals surface area (Å²) in [7, 11) is 0. The van der Waals surface area contributed by atoms with E-state index in [4.69, 9.17) is 15.2 Å². The molecule has 0 bridgehead atoms. The Morgan fingerprint density at radius 2 is 2.05 bits per heavy atom. The zero-order valence-electron chi connectivity index (χ0n) is 12.4. The molecule has 0 aliphatic heterocycles. The highest BCUT2D eigenvalue weighted by Gasteiger charge is 2.22. The number of carbonyl (C=O) groups is 1. The van der Waals surface area contributed by atoms with Crippen molar-refractivity contribution in [3.8, 4) is 0 Å². The second-order valence-corrected chi connectivity index (χ2v) is 5.45. The summed E-state index contributed by atoms with van der Waals surface area (Å²) >= 11 is 0. The number of carbonyl (C=O) groups excluding carboxylic acids is 1. The van der Waals surface area contributed by atoms with E-state index in [0.29, 0.717) is 18.8 Å². The van der Waals surface area contributed by atoms with Crippen molar-refractivity contribution in [2.75, 3.05) is 6.61 Å². The zero-order chi connectivity index (χ0) is 15.1. The molecule has 3 N–H and O–H groups in total. The molecule has 0 aromatic rings. The Morgan fingerprint density at radius 1 is 1.47 bits per heavy atom. The SMILES string of the molecule is C=CCOC(=C)C[C@H](NC(=O)OC(C)(C)C)C(C)N. The average molecular weight is 270 g/mol. The van der Waals surface area contributed by atoms with E-state index >= 15 is 0 Å². The Kier molecular flexibility index (Phi) is 7.22. The first-order valence-electron chi connectivity index (χ1n) is 6.32. The van der Waals surface area contributed by atoms with Crippen molar-refractivity contribution in [1.29, 1.82) is 0 Å². The molecule has 0 saturated carbocycles. The number of ether oxygens (including phenoxy) is 2. The van der Waals surface area contributed by atoms with Crippen LogP contribution in [0.2, 0.25) is 0 Å². The van der Waals surface area contributed by atoms with Gasteiger partial charge in [-0.2, -0.15) is 0 Å². The fraction of sp³-hybridized carbons (Fsp3) is 0.643. The smallest absolute Gasteiger partial charge is 0.407 e. The minimum absolute atomic E-state index is 0.239.